The first-order valence-electron chi connectivity index (χ1n) is 8.42. The van der Waals surface area contributed by atoms with Gasteiger partial charge in [0.15, 0.2) is 0 Å². The molecule has 3 heterocycles. The molecule has 0 aromatic heterocycles. The van der Waals surface area contributed by atoms with E-state index in [1.54, 1.807) is 6.07 Å². The van der Waals surface area contributed by atoms with Crippen molar-refractivity contribution in [3.05, 3.63) is 29.6 Å². The molecular weight excluding hydrogens is 297 g/mol. The topological polar surface area (TPSA) is 44.8 Å². The van der Waals surface area contributed by atoms with Crippen molar-refractivity contribution in [2.45, 2.75) is 31.5 Å². The number of carbonyl (C=O) groups excluding carboxylic acids is 1. The second-order valence-corrected chi connectivity index (χ2v) is 6.47. The zero-order valence-corrected chi connectivity index (χ0v) is 13.1. The molecule has 1 aromatic rings. The molecule has 3 aliphatic heterocycles. The standard InChI is InChI=1S/C17H22FN3O2/c18-13-11-12(4-5-14(13)20-7-9-23-10-8-20)16-19-17(22)15-3-1-2-6-21(15)16/h4-5,11,15-16H,1-3,6-10H2,(H,19,22)/t15-,16-/m1/s1. The molecule has 1 N–H and O–H groups in total. The van der Waals surface area contributed by atoms with Crippen LogP contribution in [0.2, 0.25) is 0 Å². The van der Waals surface area contributed by atoms with E-state index in [9.17, 15) is 9.18 Å². The van der Waals surface area contributed by atoms with E-state index in [2.05, 4.69) is 10.2 Å². The number of hydrogen-bond acceptors (Lipinski definition) is 4. The molecule has 1 aromatic carbocycles. The zero-order chi connectivity index (χ0) is 15.8. The summed E-state index contributed by atoms with van der Waals surface area (Å²) in [5.74, 6) is -0.147. The Hall–Kier alpha value is -1.66. The largest absolute Gasteiger partial charge is 0.378 e. The predicted molar refractivity (Wildman–Crippen MR) is 84.7 cm³/mol. The maximum Gasteiger partial charge on any atom is 0.238 e. The van der Waals surface area contributed by atoms with E-state index in [4.69, 9.17) is 4.74 Å². The SMILES string of the molecule is O=C1N[C@@H](c2ccc(N3CCOCC3)c(F)c2)N2CCCC[C@H]12. The Kier molecular flexibility index (Phi) is 3.95. The monoisotopic (exact) mass is 319 g/mol. The number of nitrogens with one attached hydrogen (secondary N) is 1. The highest BCUT2D eigenvalue weighted by Gasteiger charge is 2.41. The maximum absolute atomic E-state index is 14.6. The smallest absolute Gasteiger partial charge is 0.238 e. The van der Waals surface area contributed by atoms with Gasteiger partial charge in [0.1, 0.15) is 12.0 Å². The van der Waals surface area contributed by atoms with Gasteiger partial charge in [0.2, 0.25) is 5.91 Å². The van der Waals surface area contributed by atoms with E-state index in [1.165, 1.54) is 0 Å². The molecule has 3 aliphatic rings. The number of fused-ring (bicyclic) bond motifs is 1. The van der Waals surface area contributed by atoms with E-state index in [0.29, 0.717) is 32.0 Å². The Labute approximate surface area is 135 Å². The third kappa shape index (κ3) is 2.70. The van der Waals surface area contributed by atoms with Crippen molar-refractivity contribution in [1.29, 1.82) is 0 Å². The summed E-state index contributed by atoms with van der Waals surface area (Å²) in [6.07, 6.45) is 2.89. The molecule has 0 aliphatic carbocycles. The van der Waals surface area contributed by atoms with Crippen LogP contribution in [0.1, 0.15) is 31.0 Å². The van der Waals surface area contributed by atoms with E-state index >= 15 is 0 Å². The Balaban J connectivity index is 1.57. The first kappa shape index (κ1) is 14.9. The lowest BCUT2D eigenvalue weighted by Crippen LogP contribution is -2.38. The summed E-state index contributed by atoms with van der Waals surface area (Å²) in [7, 11) is 0. The Morgan fingerprint density at radius 3 is 2.78 bits per heavy atom. The summed E-state index contributed by atoms with van der Waals surface area (Å²) in [6.45, 7) is 3.58. The minimum absolute atomic E-state index is 0.0456. The molecule has 0 bridgehead atoms. The Morgan fingerprint density at radius 1 is 1.17 bits per heavy atom. The number of nitrogens with zero attached hydrogens (tertiary/aromatic N) is 2. The Morgan fingerprint density at radius 2 is 2.00 bits per heavy atom. The minimum Gasteiger partial charge on any atom is -0.378 e. The van der Waals surface area contributed by atoms with Gasteiger partial charge in [0.25, 0.3) is 0 Å². The molecule has 5 nitrogen and oxygen atoms in total. The molecule has 23 heavy (non-hydrogen) atoms. The van der Waals surface area contributed by atoms with Crippen LogP contribution in [-0.2, 0) is 9.53 Å². The van der Waals surface area contributed by atoms with Crippen LogP contribution in [0.4, 0.5) is 10.1 Å². The number of rotatable bonds is 2. The van der Waals surface area contributed by atoms with Crippen LogP contribution in [-0.4, -0.2) is 49.7 Å². The lowest BCUT2D eigenvalue weighted by atomic mass is 10.0. The van der Waals surface area contributed by atoms with Gasteiger partial charge in [-0.1, -0.05) is 12.5 Å². The molecule has 124 valence electrons. The first-order valence-corrected chi connectivity index (χ1v) is 8.42. The average molecular weight is 319 g/mol. The first-order chi connectivity index (χ1) is 11.2. The summed E-state index contributed by atoms with van der Waals surface area (Å²) in [6, 6.07) is 5.30. The number of amides is 1. The molecule has 6 heteroatoms. The van der Waals surface area contributed by atoms with Gasteiger partial charge in [0, 0.05) is 19.6 Å². The van der Waals surface area contributed by atoms with Crippen LogP contribution in [0.25, 0.3) is 0 Å². The lowest BCUT2D eigenvalue weighted by molar-refractivity contribution is -0.122. The van der Waals surface area contributed by atoms with Gasteiger partial charge in [-0.25, -0.2) is 4.39 Å². The molecule has 0 saturated carbocycles. The highest BCUT2D eigenvalue weighted by Crippen LogP contribution is 2.33. The fourth-order valence-electron chi connectivity index (χ4n) is 3.89. The number of hydrogen-bond donors (Lipinski definition) is 1. The highest BCUT2D eigenvalue weighted by molar-refractivity contribution is 5.84. The Bertz CT molecular complexity index is 604. The molecule has 4 rings (SSSR count). The highest BCUT2D eigenvalue weighted by atomic mass is 19.1. The molecule has 3 fully saturated rings. The van der Waals surface area contributed by atoms with E-state index in [1.807, 2.05) is 17.0 Å². The van der Waals surface area contributed by atoms with Crippen LogP contribution >= 0.6 is 0 Å². The van der Waals surface area contributed by atoms with Crippen LogP contribution in [0.3, 0.4) is 0 Å². The van der Waals surface area contributed by atoms with Gasteiger partial charge in [-0.3, -0.25) is 9.69 Å². The van der Waals surface area contributed by atoms with Gasteiger partial charge < -0.3 is 15.0 Å². The second kappa shape index (κ2) is 6.09. The van der Waals surface area contributed by atoms with E-state index in [-0.39, 0.29) is 23.9 Å². The summed E-state index contributed by atoms with van der Waals surface area (Å²) in [5, 5.41) is 3.03. The molecule has 2 atom stereocenters. The van der Waals surface area contributed by atoms with Crippen molar-refractivity contribution in [2.24, 2.45) is 0 Å². The van der Waals surface area contributed by atoms with Crippen molar-refractivity contribution in [3.8, 4) is 0 Å². The van der Waals surface area contributed by atoms with Gasteiger partial charge in [-0.2, -0.15) is 0 Å². The van der Waals surface area contributed by atoms with Gasteiger partial charge >= 0.3 is 0 Å². The third-order valence-corrected chi connectivity index (χ3v) is 5.10. The number of ether oxygens (including phenoxy) is 1. The number of carbonyl (C=O) groups is 1. The van der Waals surface area contributed by atoms with Gasteiger partial charge in [-0.05, 0) is 30.5 Å². The number of halogens is 1. The van der Waals surface area contributed by atoms with E-state index < -0.39 is 0 Å². The fourth-order valence-corrected chi connectivity index (χ4v) is 3.89. The second-order valence-electron chi connectivity index (χ2n) is 6.47. The third-order valence-electron chi connectivity index (χ3n) is 5.10. The summed E-state index contributed by atoms with van der Waals surface area (Å²) in [4.78, 5) is 16.3. The van der Waals surface area contributed by atoms with Crippen LogP contribution in [0.15, 0.2) is 18.2 Å². The van der Waals surface area contributed by atoms with Crippen molar-refractivity contribution < 1.29 is 13.9 Å². The molecule has 0 unspecified atom stereocenters. The van der Waals surface area contributed by atoms with Crippen LogP contribution < -0.4 is 10.2 Å². The molecular formula is C17H22FN3O2. The van der Waals surface area contributed by atoms with E-state index in [0.717, 1.165) is 31.4 Å². The lowest BCUT2D eigenvalue weighted by Gasteiger charge is -2.32. The quantitative estimate of drug-likeness (QED) is 0.900. The number of piperidine rings is 1. The fraction of sp³-hybridized carbons (Fsp3) is 0.588. The normalized spacial score (nSPS) is 28.6. The zero-order valence-electron chi connectivity index (χ0n) is 13.1. The number of anilines is 1. The van der Waals surface area contributed by atoms with Crippen molar-refractivity contribution in [2.75, 3.05) is 37.7 Å². The predicted octanol–water partition coefficient (Wildman–Crippen LogP) is 1.65. The van der Waals surface area contributed by atoms with Crippen molar-refractivity contribution in [1.82, 2.24) is 10.2 Å². The summed E-state index contributed by atoms with van der Waals surface area (Å²) in [5.41, 5.74) is 1.45. The molecule has 3 saturated heterocycles. The summed E-state index contributed by atoms with van der Waals surface area (Å²) >= 11 is 0. The number of benzene rings is 1. The van der Waals surface area contributed by atoms with Crippen LogP contribution in [0, 0.1) is 5.82 Å². The average Bonchev–Trinajstić information content (AvgIpc) is 2.93. The van der Waals surface area contributed by atoms with Gasteiger partial charge in [0.05, 0.1) is 24.9 Å². The molecule has 0 spiro atoms. The maximum atomic E-state index is 14.6. The summed E-state index contributed by atoms with van der Waals surface area (Å²) < 4.78 is 19.9. The van der Waals surface area contributed by atoms with Crippen LogP contribution in [0.5, 0.6) is 0 Å². The minimum atomic E-state index is -0.223. The van der Waals surface area contributed by atoms with Crippen molar-refractivity contribution >= 4 is 11.6 Å². The molecule has 1 amide bonds. The van der Waals surface area contributed by atoms with Gasteiger partial charge in [-0.15, -0.1) is 0 Å². The van der Waals surface area contributed by atoms with Crippen molar-refractivity contribution in [3.63, 3.8) is 0 Å². The molecule has 0 radical (unpaired) electrons. The number of morpholine rings is 1.